The molecule has 2 rings (SSSR count). The van der Waals surface area contributed by atoms with E-state index < -0.39 is 12.0 Å². The third kappa shape index (κ3) is 2.34. The van der Waals surface area contributed by atoms with Crippen LogP contribution in [-0.2, 0) is 4.79 Å². The molecule has 1 unspecified atom stereocenters. The summed E-state index contributed by atoms with van der Waals surface area (Å²) in [6, 6.07) is 0.904. The van der Waals surface area contributed by atoms with Gasteiger partial charge in [0.15, 0.2) is 5.82 Å². The lowest BCUT2D eigenvalue weighted by molar-refractivity contribution is -0.123. The van der Waals surface area contributed by atoms with E-state index in [0.717, 1.165) is 6.42 Å². The van der Waals surface area contributed by atoms with Gasteiger partial charge in [0, 0.05) is 12.7 Å². The summed E-state index contributed by atoms with van der Waals surface area (Å²) in [7, 11) is 0. The maximum absolute atomic E-state index is 11.6. The van der Waals surface area contributed by atoms with Gasteiger partial charge in [0.05, 0.1) is 11.3 Å². The first-order chi connectivity index (χ1) is 8.59. The lowest BCUT2D eigenvalue weighted by Gasteiger charge is -2.23. The zero-order valence-electron chi connectivity index (χ0n) is 9.64. The summed E-state index contributed by atoms with van der Waals surface area (Å²) >= 11 is 0. The van der Waals surface area contributed by atoms with Crippen LogP contribution < -0.4 is 16.4 Å². The molecule has 0 radical (unpaired) electrons. The van der Waals surface area contributed by atoms with Crippen molar-refractivity contribution < 1.29 is 14.7 Å². The Bertz CT molecular complexity index is 489. The van der Waals surface area contributed by atoms with Crippen molar-refractivity contribution in [3.63, 3.8) is 0 Å². The van der Waals surface area contributed by atoms with Crippen LogP contribution >= 0.6 is 0 Å². The SMILES string of the molecule is Nc1c(C(=O)O)ccnc1NC1CCCNC1=O. The highest BCUT2D eigenvalue weighted by atomic mass is 16.4. The average Bonchev–Trinajstić information content (AvgIpc) is 2.34. The third-order valence-corrected chi connectivity index (χ3v) is 2.82. The minimum atomic E-state index is -1.12. The molecule has 0 aromatic carbocycles. The van der Waals surface area contributed by atoms with Gasteiger partial charge < -0.3 is 21.5 Å². The second-order valence-corrected chi connectivity index (χ2v) is 4.06. The molecule has 5 N–H and O–H groups in total. The molecule has 18 heavy (non-hydrogen) atoms. The number of hydrogen-bond donors (Lipinski definition) is 4. The number of hydrogen-bond acceptors (Lipinski definition) is 5. The Kier molecular flexibility index (Phi) is 3.31. The molecule has 1 fully saturated rings. The number of pyridine rings is 1. The van der Waals surface area contributed by atoms with Gasteiger partial charge in [-0.3, -0.25) is 4.79 Å². The second-order valence-electron chi connectivity index (χ2n) is 4.06. The van der Waals surface area contributed by atoms with E-state index >= 15 is 0 Å². The van der Waals surface area contributed by atoms with Gasteiger partial charge >= 0.3 is 5.97 Å². The Morgan fingerprint density at radius 3 is 3.06 bits per heavy atom. The number of aromatic carboxylic acids is 1. The van der Waals surface area contributed by atoms with Crippen LogP contribution in [0.15, 0.2) is 12.3 Å². The topological polar surface area (TPSA) is 117 Å². The largest absolute Gasteiger partial charge is 0.478 e. The number of carboxylic acid groups (broad SMARTS) is 1. The normalized spacial score (nSPS) is 19.1. The van der Waals surface area contributed by atoms with E-state index in [1.165, 1.54) is 12.3 Å². The molecular formula is C11H14N4O3. The lowest BCUT2D eigenvalue weighted by Crippen LogP contribution is -2.44. The molecule has 1 saturated heterocycles. The van der Waals surface area contributed by atoms with Crippen LogP contribution in [-0.4, -0.2) is 34.6 Å². The predicted octanol–water partition coefficient (Wildman–Crippen LogP) is 0.0525. The predicted molar refractivity (Wildman–Crippen MR) is 65.3 cm³/mol. The number of anilines is 2. The van der Waals surface area contributed by atoms with Crippen LogP contribution in [0.25, 0.3) is 0 Å². The van der Waals surface area contributed by atoms with E-state index in [1.807, 2.05) is 0 Å². The number of rotatable bonds is 3. The molecule has 1 atom stereocenters. The molecule has 1 amide bonds. The first kappa shape index (κ1) is 12.2. The van der Waals surface area contributed by atoms with Crippen molar-refractivity contribution in [3.05, 3.63) is 17.8 Å². The van der Waals surface area contributed by atoms with E-state index in [-0.39, 0.29) is 23.0 Å². The number of nitrogens with two attached hydrogens (primary N) is 1. The Morgan fingerprint density at radius 2 is 2.39 bits per heavy atom. The van der Waals surface area contributed by atoms with Crippen molar-refractivity contribution in [1.82, 2.24) is 10.3 Å². The maximum atomic E-state index is 11.6. The summed E-state index contributed by atoms with van der Waals surface area (Å²) in [5.74, 6) is -1.01. The standard InChI is InChI=1S/C11H14N4O3/c12-8-6(11(17)18)3-5-13-9(8)15-7-2-1-4-14-10(7)16/h3,5,7H,1-2,4,12H2,(H,13,15)(H,14,16)(H,17,18). The summed E-state index contributed by atoms with van der Waals surface area (Å²) < 4.78 is 0. The van der Waals surface area contributed by atoms with Crippen molar-refractivity contribution in [2.24, 2.45) is 0 Å². The van der Waals surface area contributed by atoms with Crippen LogP contribution in [0.3, 0.4) is 0 Å². The van der Waals surface area contributed by atoms with Crippen molar-refractivity contribution >= 4 is 23.4 Å². The molecular weight excluding hydrogens is 236 g/mol. The Morgan fingerprint density at radius 1 is 1.61 bits per heavy atom. The number of carbonyl (C=O) groups excluding carboxylic acids is 1. The van der Waals surface area contributed by atoms with E-state index in [1.54, 1.807) is 0 Å². The fourth-order valence-electron chi connectivity index (χ4n) is 1.85. The molecule has 1 aromatic rings. The summed E-state index contributed by atoms with van der Waals surface area (Å²) in [5, 5.41) is 14.5. The Balaban J connectivity index is 2.21. The first-order valence-electron chi connectivity index (χ1n) is 5.61. The van der Waals surface area contributed by atoms with Gasteiger partial charge in [-0.05, 0) is 18.9 Å². The highest BCUT2D eigenvalue weighted by molar-refractivity contribution is 5.96. The minimum Gasteiger partial charge on any atom is -0.478 e. The van der Waals surface area contributed by atoms with Crippen molar-refractivity contribution in [1.29, 1.82) is 0 Å². The highest BCUT2D eigenvalue weighted by Crippen LogP contribution is 2.22. The molecule has 96 valence electrons. The zero-order chi connectivity index (χ0) is 13.1. The highest BCUT2D eigenvalue weighted by Gasteiger charge is 2.23. The van der Waals surface area contributed by atoms with Crippen molar-refractivity contribution in [2.45, 2.75) is 18.9 Å². The van der Waals surface area contributed by atoms with Crippen molar-refractivity contribution in [3.8, 4) is 0 Å². The molecule has 1 aliphatic rings. The molecule has 2 heterocycles. The fraction of sp³-hybridized carbons (Fsp3) is 0.364. The number of aromatic nitrogens is 1. The summed E-state index contributed by atoms with van der Waals surface area (Å²) in [5.41, 5.74) is 5.73. The molecule has 7 nitrogen and oxygen atoms in total. The lowest BCUT2D eigenvalue weighted by atomic mass is 10.1. The van der Waals surface area contributed by atoms with Crippen LogP contribution in [0.1, 0.15) is 23.2 Å². The summed E-state index contributed by atoms with van der Waals surface area (Å²) in [6.45, 7) is 0.662. The van der Waals surface area contributed by atoms with Gasteiger partial charge in [0.25, 0.3) is 0 Å². The number of nitrogen functional groups attached to an aromatic ring is 1. The van der Waals surface area contributed by atoms with Crippen LogP contribution in [0.4, 0.5) is 11.5 Å². The van der Waals surface area contributed by atoms with Gasteiger partial charge in [-0.1, -0.05) is 0 Å². The van der Waals surface area contributed by atoms with E-state index in [9.17, 15) is 9.59 Å². The first-order valence-corrected chi connectivity index (χ1v) is 5.61. The monoisotopic (exact) mass is 250 g/mol. The van der Waals surface area contributed by atoms with Gasteiger partial charge in [0.2, 0.25) is 5.91 Å². The van der Waals surface area contributed by atoms with Crippen LogP contribution in [0, 0.1) is 0 Å². The number of nitrogens with one attached hydrogen (secondary N) is 2. The number of nitrogens with zero attached hydrogens (tertiary/aromatic N) is 1. The number of carbonyl (C=O) groups is 2. The molecule has 1 aliphatic heterocycles. The van der Waals surface area contributed by atoms with Crippen LogP contribution in [0.2, 0.25) is 0 Å². The van der Waals surface area contributed by atoms with E-state index in [2.05, 4.69) is 15.6 Å². The Hall–Kier alpha value is -2.31. The molecule has 0 spiro atoms. The maximum Gasteiger partial charge on any atom is 0.337 e. The summed E-state index contributed by atoms with van der Waals surface area (Å²) in [4.78, 5) is 26.5. The number of carboxylic acids is 1. The molecule has 1 aromatic heterocycles. The van der Waals surface area contributed by atoms with E-state index in [0.29, 0.717) is 13.0 Å². The van der Waals surface area contributed by atoms with Gasteiger partial charge in [0.1, 0.15) is 6.04 Å². The summed E-state index contributed by atoms with van der Waals surface area (Å²) in [6.07, 6.45) is 2.88. The fourth-order valence-corrected chi connectivity index (χ4v) is 1.85. The molecule has 0 aliphatic carbocycles. The van der Waals surface area contributed by atoms with E-state index in [4.69, 9.17) is 10.8 Å². The number of amides is 1. The quantitative estimate of drug-likeness (QED) is 0.602. The third-order valence-electron chi connectivity index (χ3n) is 2.82. The van der Waals surface area contributed by atoms with Crippen molar-refractivity contribution in [2.75, 3.05) is 17.6 Å². The van der Waals surface area contributed by atoms with Gasteiger partial charge in [-0.25, -0.2) is 9.78 Å². The minimum absolute atomic E-state index is 0.0243. The average molecular weight is 250 g/mol. The molecule has 0 bridgehead atoms. The van der Waals surface area contributed by atoms with Crippen LogP contribution in [0.5, 0.6) is 0 Å². The zero-order valence-corrected chi connectivity index (χ0v) is 9.64. The smallest absolute Gasteiger partial charge is 0.337 e. The van der Waals surface area contributed by atoms with Gasteiger partial charge in [-0.2, -0.15) is 0 Å². The molecule has 7 heteroatoms. The second kappa shape index (κ2) is 4.91. The Labute approximate surface area is 103 Å². The molecule has 0 saturated carbocycles. The van der Waals surface area contributed by atoms with Gasteiger partial charge in [-0.15, -0.1) is 0 Å². The number of piperidine rings is 1.